The second kappa shape index (κ2) is 5.70. The molecule has 82 valence electrons. The fraction of sp³-hybridized carbons (Fsp3) is 0.500. The Morgan fingerprint density at radius 1 is 1.60 bits per heavy atom. The van der Waals surface area contributed by atoms with Crippen molar-refractivity contribution in [3.8, 4) is 0 Å². The molecule has 0 spiro atoms. The van der Waals surface area contributed by atoms with E-state index in [-0.39, 0.29) is 11.7 Å². The second-order valence-corrected chi connectivity index (χ2v) is 3.90. The molecule has 0 atom stereocenters. The number of rotatable bonds is 5. The molecule has 0 bridgehead atoms. The summed E-state index contributed by atoms with van der Waals surface area (Å²) in [7, 11) is 0. The van der Waals surface area contributed by atoms with Crippen molar-refractivity contribution in [1.29, 1.82) is 0 Å². The van der Waals surface area contributed by atoms with Crippen LogP contribution in [0.15, 0.2) is 12.5 Å². The Morgan fingerprint density at radius 2 is 2.33 bits per heavy atom. The van der Waals surface area contributed by atoms with Gasteiger partial charge in [0.15, 0.2) is 5.78 Å². The normalized spacial score (nSPS) is 10.4. The predicted molar refractivity (Wildman–Crippen MR) is 63.5 cm³/mol. The van der Waals surface area contributed by atoms with E-state index in [0.717, 1.165) is 0 Å². The summed E-state index contributed by atoms with van der Waals surface area (Å²) < 4.78 is 0. The maximum atomic E-state index is 11.8. The number of nitrogens with zero attached hydrogens (tertiary/aromatic N) is 2. The number of ketones is 1. The summed E-state index contributed by atoms with van der Waals surface area (Å²) in [4.78, 5) is 19.7. The van der Waals surface area contributed by atoms with Gasteiger partial charge in [0, 0.05) is 24.4 Å². The maximum Gasteiger partial charge on any atom is 0.170 e. The van der Waals surface area contributed by atoms with Crippen molar-refractivity contribution < 1.29 is 4.79 Å². The average Bonchev–Trinajstić information content (AvgIpc) is 2.25. The summed E-state index contributed by atoms with van der Waals surface area (Å²) in [5, 5.41) is 3.05. The number of carbonyl (C=O) groups excluding carboxylic acids is 1. The number of carbonyl (C=O) groups is 1. The quantitative estimate of drug-likeness (QED) is 0.591. The van der Waals surface area contributed by atoms with Crippen LogP contribution in [-0.2, 0) is 0 Å². The lowest BCUT2D eigenvalue weighted by Crippen LogP contribution is -2.14. The summed E-state index contributed by atoms with van der Waals surface area (Å²) >= 11 is 4.09. The Balaban J connectivity index is 2.90. The van der Waals surface area contributed by atoms with Crippen molar-refractivity contribution in [3.05, 3.63) is 18.1 Å². The zero-order chi connectivity index (χ0) is 11.3. The third-order valence-corrected chi connectivity index (χ3v) is 2.13. The molecule has 1 N–H and O–H groups in total. The molecular formula is C10H15N3OS. The Hall–Kier alpha value is -1.10. The highest BCUT2D eigenvalue weighted by atomic mass is 32.1. The van der Waals surface area contributed by atoms with E-state index in [2.05, 4.69) is 27.9 Å². The summed E-state index contributed by atoms with van der Waals surface area (Å²) in [6.45, 7) is 4.40. The number of hydrogen-bond donors (Lipinski definition) is 2. The van der Waals surface area contributed by atoms with Gasteiger partial charge in [0.05, 0.1) is 5.56 Å². The van der Waals surface area contributed by atoms with Gasteiger partial charge in [-0.15, -0.1) is 0 Å². The van der Waals surface area contributed by atoms with Crippen LogP contribution in [-0.4, -0.2) is 28.0 Å². The van der Waals surface area contributed by atoms with E-state index in [1.54, 1.807) is 6.20 Å². The van der Waals surface area contributed by atoms with Crippen molar-refractivity contribution in [2.45, 2.75) is 13.8 Å². The van der Waals surface area contributed by atoms with Gasteiger partial charge in [-0.2, -0.15) is 12.6 Å². The molecule has 0 radical (unpaired) electrons. The van der Waals surface area contributed by atoms with Crippen LogP contribution in [0.4, 0.5) is 5.82 Å². The second-order valence-electron chi connectivity index (χ2n) is 3.45. The fourth-order valence-corrected chi connectivity index (χ4v) is 1.25. The van der Waals surface area contributed by atoms with E-state index < -0.39 is 0 Å². The molecule has 0 saturated carbocycles. The molecule has 15 heavy (non-hydrogen) atoms. The van der Waals surface area contributed by atoms with E-state index in [4.69, 9.17) is 0 Å². The smallest absolute Gasteiger partial charge is 0.170 e. The number of anilines is 1. The molecular weight excluding hydrogens is 210 g/mol. The SMILES string of the molecule is CC(C)C(=O)c1cncnc1NCCS. The maximum absolute atomic E-state index is 11.8. The van der Waals surface area contributed by atoms with E-state index in [9.17, 15) is 4.79 Å². The van der Waals surface area contributed by atoms with E-state index in [1.807, 2.05) is 13.8 Å². The molecule has 0 amide bonds. The van der Waals surface area contributed by atoms with E-state index >= 15 is 0 Å². The van der Waals surface area contributed by atoms with Crippen LogP contribution in [0.3, 0.4) is 0 Å². The van der Waals surface area contributed by atoms with Gasteiger partial charge in [-0.3, -0.25) is 4.79 Å². The summed E-state index contributed by atoms with van der Waals surface area (Å²) in [5.74, 6) is 1.29. The van der Waals surface area contributed by atoms with Gasteiger partial charge in [0.2, 0.25) is 0 Å². The molecule has 0 aliphatic rings. The Labute approximate surface area is 94.9 Å². The van der Waals surface area contributed by atoms with Crippen molar-refractivity contribution in [2.24, 2.45) is 5.92 Å². The van der Waals surface area contributed by atoms with Crippen molar-refractivity contribution in [1.82, 2.24) is 9.97 Å². The Morgan fingerprint density at radius 3 is 2.93 bits per heavy atom. The zero-order valence-electron chi connectivity index (χ0n) is 8.90. The van der Waals surface area contributed by atoms with Crippen LogP contribution in [0.5, 0.6) is 0 Å². The van der Waals surface area contributed by atoms with Gasteiger partial charge in [-0.25, -0.2) is 9.97 Å². The van der Waals surface area contributed by atoms with Crippen molar-refractivity contribution >= 4 is 24.2 Å². The van der Waals surface area contributed by atoms with Gasteiger partial charge in [-0.05, 0) is 0 Å². The third kappa shape index (κ3) is 3.20. The first-order chi connectivity index (χ1) is 7.16. The fourth-order valence-electron chi connectivity index (χ4n) is 1.14. The molecule has 4 nitrogen and oxygen atoms in total. The molecule has 0 aromatic carbocycles. The van der Waals surface area contributed by atoms with Crippen LogP contribution in [0.25, 0.3) is 0 Å². The first kappa shape index (κ1) is 12.0. The van der Waals surface area contributed by atoms with Crippen LogP contribution < -0.4 is 5.32 Å². The topological polar surface area (TPSA) is 54.9 Å². The minimum Gasteiger partial charge on any atom is -0.369 e. The van der Waals surface area contributed by atoms with Crippen LogP contribution in [0, 0.1) is 5.92 Å². The Bertz CT molecular complexity index is 341. The number of thiol groups is 1. The molecule has 1 heterocycles. The first-order valence-corrected chi connectivity index (χ1v) is 5.49. The Kier molecular flexibility index (Phi) is 4.55. The largest absolute Gasteiger partial charge is 0.369 e. The third-order valence-electron chi connectivity index (χ3n) is 1.91. The predicted octanol–water partition coefficient (Wildman–Crippen LogP) is 1.66. The lowest BCUT2D eigenvalue weighted by atomic mass is 10.0. The molecule has 0 saturated heterocycles. The minimum absolute atomic E-state index is 0.0486. The molecule has 0 fully saturated rings. The molecule has 1 rings (SSSR count). The first-order valence-electron chi connectivity index (χ1n) is 4.85. The van der Waals surface area contributed by atoms with Crippen molar-refractivity contribution in [2.75, 3.05) is 17.6 Å². The molecule has 0 aliphatic heterocycles. The van der Waals surface area contributed by atoms with E-state index in [1.165, 1.54) is 6.33 Å². The van der Waals surface area contributed by atoms with Gasteiger partial charge in [-0.1, -0.05) is 13.8 Å². The van der Waals surface area contributed by atoms with Gasteiger partial charge >= 0.3 is 0 Å². The van der Waals surface area contributed by atoms with Crippen molar-refractivity contribution in [3.63, 3.8) is 0 Å². The lowest BCUT2D eigenvalue weighted by molar-refractivity contribution is 0.0939. The van der Waals surface area contributed by atoms with Crippen LogP contribution >= 0.6 is 12.6 Å². The average molecular weight is 225 g/mol. The molecule has 1 aromatic heterocycles. The summed E-state index contributed by atoms with van der Waals surface area (Å²) in [5.41, 5.74) is 0.550. The molecule has 5 heteroatoms. The summed E-state index contributed by atoms with van der Waals surface area (Å²) in [6, 6.07) is 0. The monoisotopic (exact) mass is 225 g/mol. The molecule has 1 aromatic rings. The molecule has 0 aliphatic carbocycles. The van der Waals surface area contributed by atoms with Crippen LogP contribution in [0.2, 0.25) is 0 Å². The summed E-state index contributed by atoms with van der Waals surface area (Å²) in [6.07, 6.45) is 2.98. The van der Waals surface area contributed by atoms with E-state index in [0.29, 0.717) is 23.7 Å². The lowest BCUT2D eigenvalue weighted by Gasteiger charge is -2.09. The standard InChI is InChI=1S/C10H15N3OS/c1-7(2)9(14)8-5-11-6-13-10(8)12-3-4-15/h5-7,15H,3-4H2,1-2H3,(H,11,12,13). The number of nitrogens with one attached hydrogen (secondary N) is 1. The minimum atomic E-state index is -0.0486. The highest BCUT2D eigenvalue weighted by Crippen LogP contribution is 2.14. The van der Waals surface area contributed by atoms with Gasteiger partial charge in [0.25, 0.3) is 0 Å². The number of Topliss-reactive ketones (excluding diaryl/α,β-unsaturated/α-hetero) is 1. The van der Waals surface area contributed by atoms with Crippen LogP contribution in [0.1, 0.15) is 24.2 Å². The van der Waals surface area contributed by atoms with Gasteiger partial charge < -0.3 is 5.32 Å². The zero-order valence-corrected chi connectivity index (χ0v) is 9.79. The number of hydrogen-bond acceptors (Lipinski definition) is 5. The van der Waals surface area contributed by atoms with Gasteiger partial charge in [0.1, 0.15) is 12.1 Å². The number of aromatic nitrogens is 2. The molecule has 0 unspecified atom stereocenters. The highest BCUT2D eigenvalue weighted by Gasteiger charge is 2.15. The highest BCUT2D eigenvalue weighted by molar-refractivity contribution is 7.80.